The summed E-state index contributed by atoms with van der Waals surface area (Å²) in [7, 11) is 0. The van der Waals surface area contributed by atoms with Crippen molar-refractivity contribution >= 4 is 52.0 Å². The summed E-state index contributed by atoms with van der Waals surface area (Å²) in [5.41, 5.74) is 1.25. The van der Waals surface area contributed by atoms with E-state index >= 15 is 0 Å². The number of rotatable bonds is 7. The number of benzene rings is 2. The molecule has 2 aromatic carbocycles. The van der Waals surface area contributed by atoms with Gasteiger partial charge in [0.15, 0.2) is 6.04 Å². The molecule has 3 N–H and O–H groups in total. The van der Waals surface area contributed by atoms with Crippen LogP contribution in [0.4, 0.5) is 20.6 Å². The number of aliphatic carboxylic acids is 1. The van der Waals surface area contributed by atoms with E-state index in [9.17, 15) is 28.7 Å². The molecule has 2 amide bonds. The maximum Gasteiger partial charge on any atom is 0.414 e. The Morgan fingerprint density at radius 3 is 2.82 bits per heavy atom. The van der Waals surface area contributed by atoms with Crippen molar-refractivity contribution in [3.8, 4) is 0 Å². The van der Waals surface area contributed by atoms with E-state index in [2.05, 4.69) is 10.6 Å². The van der Waals surface area contributed by atoms with Crippen LogP contribution in [0.2, 0.25) is 0 Å². The van der Waals surface area contributed by atoms with Crippen LogP contribution in [0.15, 0.2) is 52.2 Å². The van der Waals surface area contributed by atoms with Gasteiger partial charge in [-0.25, -0.2) is 14.0 Å². The minimum absolute atomic E-state index is 0.0921. The van der Waals surface area contributed by atoms with Gasteiger partial charge in [0, 0.05) is 22.2 Å². The first-order chi connectivity index (χ1) is 18.3. The molecule has 0 aliphatic carbocycles. The Morgan fingerprint density at radius 1 is 1.18 bits per heavy atom. The third-order valence-electron chi connectivity index (χ3n) is 7.09. The first kappa shape index (κ1) is 24.4. The molecule has 0 unspecified atom stereocenters. The van der Waals surface area contributed by atoms with E-state index in [1.807, 2.05) is 12.1 Å². The number of thioether (sulfide) groups is 1. The van der Waals surface area contributed by atoms with Crippen molar-refractivity contribution < 1.29 is 28.6 Å². The molecule has 0 radical (unpaired) electrons. The summed E-state index contributed by atoms with van der Waals surface area (Å²) in [6.07, 6.45) is 0.150. The summed E-state index contributed by atoms with van der Waals surface area (Å²) in [5.74, 6) is -1.54. The van der Waals surface area contributed by atoms with Crippen LogP contribution in [0.3, 0.4) is 0 Å². The third-order valence-corrected chi connectivity index (χ3v) is 8.16. The second kappa shape index (κ2) is 9.44. The number of carbonyl (C=O) groups is 3. The average molecular weight is 539 g/mol. The van der Waals surface area contributed by atoms with Crippen molar-refractivity contribution in [2.24, 2.45) is 0 Å². The van der Waals surface area contributed by atoms with Gasteiger partial charge in [0.25, 0.3) is 5.56 Å². The normalized spacial score (nSPS) is 21.9. The number of nitrogens with one attached hydrogen (secondary N) is 2. The number of hydrogen-bond donors (Lipinski definition) is 3. The summed E-state index contributed by atoms with van der Waals surface area (Å²) in [6, 6.07) is 8.90. The molecule has 3 aliphatic heterocycles. The zero-order chi connectivity index (χ0) is 26.6. The monoisotopic (exact) mass is 538 g/mol. The lowest BCUT2D eigenvalue weighted by Gasteiger charge is -2.20. The van der Waals surface area contributed by atoms with Gasteiger partial charge in [-0.1, -0.05) is 0 Å². The Labute approximate surface area is 219 Å². The fourth-order valence-corrected chi connectivity index (χ4v) is 6.20. The fourth-order valence-electron chi connectivity index (χ4n) is 5.41. The van der Waals surface area contributed by atoms with Crippen LogP contribution in [0.5, 0.6) is 0 Å². The Hall–Kier alpha value is -3.90. The summed E-state index contributed by atoms with van der Waals surface area (Å²) >= 11 is 1.44. The van der Waals surface area contributed by atoms with Gasteiger partial charge >= 0.3 is 12.1 Å². The zero-order valence-electron chi connectivity index (χ0n) is 20.0. The van der Waals surface area contributed by atoms with Gasteiger partial charge in [-0.15, -0.1) is 11.8 Å². The number of hydrogen-bond acceptors (Lipinski definition) is 7. The molecule has 10 nitrogen and oxygen atoms in total. The van der Waals surface area contributed by atoms with Crippen molar-refractivity contribution in [3.05, 3.63) is 64.2 Å². The molecular weight excluding hydrogens is 515 g/mol. The minimum atomic E-state index is -1.28. The highest BCUT2D eigenvalue weighted by Gasteiger charge is 2.41. The third kappa shape index (κ3) is 4.09. The second-order valence-corrected chi connectivity index (χ2v) is 10.4. The number of amides is 2. The number of aromatic nitrogens is 1. The molecule has 3 aliphatic rings. The first-order valence-corrected chi connectivity index (χ1v) is 13.1. The van der Waals surface area contributed by atoms with Crippen LogP contribution in [0.1, 0.15) is 30.5 Å². The molecule has 3 aromatic rings. The summed E-state index contributed by atoms with van der Waals surface area (Å²) < 4.78 is 21.5. The van der Waals surface area contributed by atoms with Gasteiger partial charge in [-0.2, -0.15) is 0 Å². The van der Waals surface area contributed by atoms with Crippen molar-refractivity contribution in [2.75, 3.05) is 29.1 Å². The minimum Gasteiger partial charge on any atom is -0.480 e. The van der Waals surface area contributed by atoms with E-state index in [-0.39, 0.29) is 17.6 Å². The standard InChI is InChI=1S/C26H23FN4O6S/c27-16-6-3-13-4-8-20(33)31-23(13)21(16)22(24(31)25(34)35)28-9-1-2-15-11-30(26(36)37-15)14-5-7-18-17(10-14)29-19(32)12-38-18/h3-8,10,15,22,24,28H,1-2,9,11-12H2,(H,29,32)(H,34,35)/t15-,22+,24+/m1/s1. The van der Waals surface area contributed by atoms with Crippen LogP contribution in [0.25, 0.3) is 10.9 Å². The molecule has 3 atom stereocenters. The topological polar surface area (TPSA) is 130 Å². The largest absolute Gasteiger partial charge is 0.480 e. The number of carboxylic acid groups (broad SMARTS) is 1. The highest BCUT2D eigenvalue weighted by Crippen LogP contribution is 2.41. The molecule has 1 fully saturated rings. The maximum atomic E-state index is 14.9. The molecule has 1 aromatic heterocycles. The molecule has 0 spiro atoms. The highest BCUT2D eigenvalue weighted by atomic mass is 32.2. The number of carboxylic acids is 1. The Bertz CT molecular complexity index is 1560. The number of pyridine rings is 1. The second-order valence-electron chi connectivity index (χ2n) is 9.43. The summed E-state index contributed by atoms with van der Waals surface area (Å²) in [6.45, 7) is 0.651. The lowest BCUT2D eigenvalue weighted by Crippen LogP contribution is -2.35. The van der Waals surface area contributed by atoms with E-state index in [0.717, 1.165) is 9.46 Å². The number of cyclic esters (lactones) is 1. The Balaban J connectivity index is 1.11. The number of halogens is 1. The van der Waals surface area contributed by atoms with E-state index in [1.54, 1.807) is 12.1 Å². The zero-order valence-corrected chi connectivity index (χ0v) is 20.8. The number of fused-ring (bicyclic) bond motifs is 1. The lowest BCUT2D eigenvalue weighted by molar-refractivity contribution is -0.141. The van der Waals surface area contributed by atoms with Gasteiger partial charge in [-0.3, -0.25) is 19.1 Å². The molecule has 38 heavy (non-hydrogen) atoms. The molecule has 4 heterocycles. The molecule has 6 rings (SSSR count). The fraction of sp³-hybridized carbons (Fsp3) is 0.308. The predicted octanol–water partition coefficient (Wildman–Crippen LogP) is 3.26. The lowest BCUT2D eigenvalue weighted by atomic mass is 10.0. The summed E-state index contributed by atoms with van der Waals surface area (Å²) in [4.78, 5) is 51.4. The first-order valence-electron chi connectivity index (χ1n) is 12.2. The van der Waals surface area contributed by atoms with Crippen LogP contribution in [-0.4, -0.2) is 52.6 Å². The molecule has 12 heteroatoms. The van der Waals surface area contributed by atoms with Crippen LogP contribution in [0, 0.1) is 5.82 Å². The molecular formula is C26H23FN4O6S. The van der Waals surface area contributed by atoms with Crippen molar-refractivity contribution in [3.63, 3.8) is 0 Å². The average Bonchev–Trinajstić information content (AvgIpc) is 3.44. The molecule has 0 bridgehead atoms. The smallest absolute Gasteiger partial charge is 0.414 e. The maximum absolute atomic E-state index is 14.9. The quantitative estimate of drug-likeness (QED) is 0.391. The van der Waals surface area contributed by atoms with Gasteiger partial charge in [0.05, 0.1) is 29.5 Å². The Morgan fingerprint density at radius 2 is 2.00 bits per heavy atom. The van der Waals surface area contributed by atoms with Gasteiger partial charge < -0.3 is 20.5 Å². The highest BCUT2D eigenvalue weighted by molar-refractivity contribution is 8.00. The van der Waals surface area contributed by atoms with Gasteiger partial charge in [-0.05, 0) is 61.2 Å². The molecule has 0 saturated carbocycles. The summed E-state index contributed by atoms with van der Waals surface area (Å²) in [5, 5.41) is 16.4. The van der Waals surface area contributed by atoms with Gasteiger partial charge in [0.2, 0.25) is 5.91 Å². The van der Waals surface area contributed by atoms with E-state index < -0.39 is 35.5 Å². The van der Waals surface area contributed by atoms with E-state index in [4.69, 9.17) is 4.74 Å². The van der Waals surface area contributed by atoms with Gasteiger partial charge in [0.1, 0.15) is 11.9 Å². The van der Waals surface area contributed by atoms with Crippen LogP contribution >= 0.6 is 11.8 Å². The predicted molar refractivity (Wildman–Crippen MR) is 138 cm³/mol. The SMILES string of the molecule is O=C1CSc2ccc(N3C[C@@H](CCCN[C@H]4c5c(F)ccc6ccc(=O)n(c56)[C@@H]4C(=O)O)OC3=O)cc2N1. The van der Waals surface area contributed by atoms with Crippen molar-refractivity contribution in [1.82, 2.24) is 9.88 Å². The number of ether oxygens (including phenoxy) is 1. The molecule has 1 saturated heterocycles. The number of nitrogens with zero attached hydrogens (tertiary/aromatic N) is 2. The van der Waals surface area contributed by atoms with Crippen molar-refractivity contribution in [2.45, 2.75) is 35.9 Å². The van der Waals surface area contributed by atoms with Crippen LogP contribution in [-0.2, 0) is 14.3 Å². The van der Waals surface area contributed by atoms with E-state index in [1.165, 1.54) is 34.9 Å². The van der Waals surface area contributed by atoms with Crippen LogP contribution < -0.4 is 21.1 Å². The number of anilines is 2. The van der Waals surface area contributed by atoms with Crippen molar-refractivity contribution in [1.29, 1.82) is 0 Å². The Kier molecular flexibility index (Phi) is 6.07. The number of carbonyl (C=O) groups excluding carboxylic acids is 2. The molecule has 196 valence electrons. The van der Waals surface area contributed by atoms with E-state index in [0.29, 0.717) is 54.0 Å².